The molecule has 1 atom stereocenters. The molecule has 0 saturated carbocycles. The van der Waals surface area contributed by atoms with Crippen LogP contribution in [0.25, 0.3) is 11.1 Å². The molecular formula is C30H39N3O2S. The zero-order chi connectivity index (χ0) is 26.1. The van der Waals surface area contributed by atoms with E-state index in [0.717, 1.165) is 29.5 Å². The first-order chi connectivity index (χ1) is 17.1. The van der Waals surface area contributed by atoms with Gasteiger partial charge in [-0.3, -0.25) is 9.59 Å². The van der Waals surface area contributed by atoms with Crippen LogP contribution < -0.4 is 5.73 Å². The lowest BCUT2D eigenvalue weighted by molar-refractivity contribution is -0.143. The van der Waals surface area contributed by atoms with E-state index in [1.807, 2.05) is 50.5 Å². The van der Waals surface area contributed by atoms with E-state index in [1.54, 1.807) is 28.2 Å². The highest BCUT2D eigenvalue weighted by molar-refractivity contribution is 7.09. The van der Waals surface area contributed by atoms with E-state index in [-0.39, 0.29) is 17.4 Å². The minimum atomic E-state index is -0.556. The van der Waals surface area contributed by atoms with Crippen molar-refractivity contribution in [2.45, 2.75) is 57.5 Å². The third-order valence-electron chi connectivity index (χ3n) is 6.50. The maximum absolute atomic E-state index is 13.6. The van der Waals surface area contributed by atoms with E-state index in [2.05, 4.69) is 42.5 Å². The average Bonchev–Trinajstić information content (AvgIpc) is 3.39. The lowest BCUT2D eigenvalue weighted by Gasteiger charge is -2.31. The van der Waals surface area contributed by atoms with Gasteiger partial charge in [-0.25, -0.2) is 0 Å². The first-order valence-corrected chi connectivity index (χ1v) is 13.5. The van der Waals surface area contributed by atoms with E-state index in [9.17, 15) is 9.59 Å². The van der Waals surface area contributed by atoms with Crippen LogP contribution >= 0.6 is 11.3 Å². The number of nitrogens with zero attached hydrogens (tertiary/aromatic N) is 2. The highest BCUT2D eigenvalue weighted by atomic mass is 32.1. The predicted octanol–water partition coefficient (Wildman–Crippen LogP) is 5.39. The molecule has 2 aromatic carbocycles. The second-order valence-electron chi connectivity index (χ2n) is 10.2. The van der Waals surface area contributed by atoms with Crippen LogP contribution in [0.15, 0.2) is 72.1 Å². The summed E-state index contributed by atoms with van der Waals surface area (Å²) in [5.74, 6) is -0.0566. The van der Waals surface area contributed by atoms with Gasteiger partial charge in [-0.15, -0.1) is 11.3 Å². The summed E-state index contributed by atoms with van der Waals surface area (Å²) in [5.41, 5.74) is 9.09. The van der Waals surface area contributed by atoms with Crippen LogP contribution in [-0.4, -0.2) is 53.8 Å². The summed E-state index contributed by atoms with van der Waals surface area (Å²) in [6.45, 7) is 4.55. The van der Waals surface area contributed by atoms with E-state index in [0.29, 0.717) is 25.8 Å². The Morgan fingerprint density at radius 2 is 1.61 bits per heavy atom. The quantitative estimate of drug-likeness (QED) is 0.359. The van der Waals surface area contributed by atoms with Crippen molar-refractivity contribution >= 4 is 23.2 Å². The molecule has 1 heterocycles. The Morgan fingerprint density at radius 1 is 0.944 bits per heavy atom. The van der Waals surface area contributed by atoms with Crippen LogP contribution in [0.4, 0.5) is 0 Å². The predicted molar refractivity (Wildman–Crippen MR) is 150 cm³/mol. The van der Waals surface area contributed by atoms with Crippen LogP contribution in [0.5, 0.6) is 0 Å². The fourth-order valence-electron chi connectivity index (χ4n) is 4.22. The Balaban J connectivity index is 1.73. The second-order valence-corrected chi connectivity index (χ2v) is 11.3. The van der Waals surface area contributed by atoms with Crippen LogP contribution in [0.3, 0.4) is 0 Å². The highest BCUT2D eigenvalue weighted by Gasteiger charge is 2.29. The molecule has 192 valence electrons. The summed E-state index contributed by atoms with van der Waals surface area (Å²) in [4.78, 5) is 31.3. The second kappa shape index (κ2) is 12.8. The van der Waals surface area contributed by atoms with Gasteiger partial charge >= 0.3 is 0 Å². The SMILES string of the molecule is CN(CCc1cccs1)C(=O)[C@@H](Cc1ccc(-c2ccccc2)cc1)N(C)C(=O)CCCC(C)(C)N. The van der Waals surface area contributed by atoms with Crippen molar-refractivity contribution in [1.82, 2.24) is 9.80 Å². The molecule has 3 rings (SSSR count). The van der Waals surface area contributed by atoms with Crippen molar-refractivity contribution in [3.63, 3.8) is 0 Å². The van der Waals surface area contributed by atoms with Gasteiger partial charge in [-0.1, -0.05) is 60.7 Å². The molecule has 0 unspecified atom stereocenters. The number of hydrogen-bond acceptors (Lipinski definition) is 4. The van der Waals surface area contributed by atoms with Gasteiger partial charge in [0.2, 0.25) is 11.8 Å². The van der Waals surface area contributed by atoms with Gasteiger partial charge in [-0.05, 0) is 61.2 Å². The molecule has 1 aromatic heterocycles. The number of amides is 2. The van der Waals surface area contributed by atoms with Crippen LogP contribution in [0, 0.1) is 0 Å². The Hall–Kier alpha value is -2.96. The maximum atomic E-state index is 13.6. The molecule has 0 fully saturated rings. The zero-order valence-corrected chi connectivity index (χ0v) is 22.8. The molecule has 0 saturated heterocycles. The maximum Gasteiger partial charge on any atom is 0.245 e. The normalized spacial score (nSPS) is 12.2. The minimum Gasteiger partial charge on any atom is -0.344 e. The first-order valence-electron chi connectivity index (χ1n) is 12.6. The number of thiophene rings is 1. The Morgan fingerprint density at radius 3 is 2.22 bits per heavy atom. The molecule has 2 N–H and O–H groups in total. The molecular weight excluding hydrogens is 466 g/mol. The summed E-state index contributed by atoms with van der Waals surface area (Å²) in [6, 6.07) is 22.1. The molecule has 0 spiro atoms. The third-order valence-corrected chi connectivity index (χ3v) is 7.43. The third kappa shape index (κ3) is 8.32. The number of likely N-dealkylation sites (N-methyl/N-ethyl adjacent to an activating group) is 2. The summed E-state index contributed by atoms with van der Waals surface area (Å²) >= 11 is 1.70. The molecule has 5 nitrogen and oxygen atoms in total. The van der Waals surface area contributed by atoms with Gasteiger partial charge in [0.05, 0.1) is 0 Å². The van der Waals surface area contributed by atoms with Gasteiger partial charge in [0.1, 0.15) is 6.04 Å². The van der Waals surface area contributed by atoms with Crippen LogP contribution in [0.1, 0.15) is 43.6 Å². The van der Waals surface area contributed by atoms with Crippen molar-refractivity contribution in [3.8, 4) is 11.1 Å². The van der Waals surface area contributed by atoms with Crippen LogP contribution in [-0.2, 0) is 22.4 Å². The Kier molecular flexibility index (Phi) is 9.85. The van der Waals surface area contributed by atoms with Crippen molar-refractivity contribution in [2.24, 2.45) is 5.73 Å². The Bertz CT molecular complexity index is 1090. The van der Waals surface area contributed by atoms with Gasteiger partial charge in [0.25, 0.3) is 0 Å². The topological polar surface area (TPSA) is 66.6 Å². The molecule has 0 aliphatic heterocycles. The van der Waals surface area contributed by atoms with Gasteiger partial charge in [0.15, 0.2) is 0 Å². The fraction of sp³-hybridized carbons (Fsp3) is 0.400. The zero-order valence-electron chi connectivity index (χ0n) is 21.9. The number of nitrogens with two attached hydrogens (primary N) is 1. The van der Waals surface area contributed by atoms with Crippen molar-refractivity contribution in [2.75, 3.05) is 20.6 Å². The molecule has 36 heavy (non-hydrogen) atoms. The summed E-state index contributed by atoms with van der Waals surface area (Å²) < 4.78 is 0. The Labute approximate surface area is 219 Å². The lowest BCUT2D eigenvalue weighted by atomic mass is 9.97. The molecule has 0 aliphatic rings. The number of benzene rings is 2. The largest absolute Gasteiger partial charge is 0.344 e. The molecule has 0 radical (unpaired) electrons. The van der Waals surface area contributed by atoms with E-state index >= 15 is 0 Å². The smallest absolute Gasteiger partial charge is 0.245 e. The van der Waals surface area contributed by atoms with E-state index in [4.69, 9.17) is 5.73 Å². The first kappa shape index (κ1) is 27.6. The van der Waals surface area contributed by atoms with Gasteiger partial charge < -0.3 is 15.5 Å². The number of carbonyl (C=O) groups is 2. The monoisotopic (exact) mass is 505 g/mol. The van der Waals surface area contributed by atoms with Gasteiger partial charge in [-0.2, -0.15) is 0 Å². The number of hydrogen-bond donors (Lipinski definition) is 1. The summed E-state index contributed by atoms with van der Waals surface area (Å²) in [5, 5.41) is 2.05. The van der Waals surface area contributed by atoms with Crippen molar-refractivity contribution < 1.29 is 9.59 Å². The van der Waals surface area contributed by atoms with E-state index < -0.39 is 6.04 Å². The van der Waals surface area contributed by atoms with Gasteiger partial charge in [0, 0.05) is 43.9 Å². The molecule has 3 aromatic rings. The number of rotatable bonds is 12. The molecule has 2 amide bonds. The summed E-state index contributed by atoms with van der Waals surface area (Å²) in [6.07, 6.45) is 3.12. The average molecular weight is 506 g/mol. The molecule has 6 heteroatoms. The summed E-state index contributed by atoms with van der Waals surface area (Å²) in [7, 11) is 3.58. The van der Waals surface area contributed by atoms with Crippen molar-refractivity contribution in [3.05, 3.63) is 82.6 Å². The molecule has 0 aliphatic carbocycles. The minimum absolute atomic E-state index is 0.0230. The van der Waals surface area contributed by atoms with Crippen molar-refractivity contribution in [1.29, 1.82) is 0 Å². The lowest BCUT2D eigenvalue weighted by Crippen LogP contribution is -2.49. The van der Waals surface area contributed by atoms with E-state index in [1.165, 1.54) is 4.88 Å². The standard InChI is InChI=1S/C30H39N3O2S/c1-30(2,31)19-8-13-28(34)33(4)27(29(35)32(3)20-18-26-12-9-21-36-26)22-23-14-16-25(17-15-23)24-10-6-5-7-11-24/h5-7,9-12,14-17,21,27H,8,13,18-20,22,31H2,1-4H3/t27-/m1/s1. The van der Waals surface area contributed by atoms with Crippen LogP contribution in [0.2, 0.25) is 0 Å². The highest BCUT2D eigenvalue weighted by Crippen LogP contribution is 2.21. The molecule has 0 bridgehead atoms. The fourth-order valence-corrected chi connectivity index (χ4v) is 4.92. The number of carbonyl (C=O) groups excluding carboxylic acids is 2.